The van der Waals surface area contributed by atoms with Gasteiger partial charge in [0.05, 0.1) is 23.7 Å². The van der Waals surface area contributed by atoms with E-state index in [1.54, 1.807) is 13.8 Å². The lowest BCUT2D eigenvalue weighted by Gasteiger charge is -2.23. The molecule has 0 bridgehead atoms. The molecule has 0 fully saturated rings. The molecule has 89 heavy (non-hydrogen) atoms. The van der Waals surface area contributed by atoms with Crippen molar-refractivity contribution in [3.63, 3.8) is 0 Å². The number of carboxylic acids is 6. The Morgan fingerprint density at radius 3 is 0.876 bits per heavy atom. The van der Waals surface area contributed by atoms with Gasteiger partial charge in [0.15, 0.2) is 0 Å². The standard InChI is InChI=1S/C16H24O2.C15H22O2.C14H20O2.C13H18O2.C12H16O2.C6H12O2.CH4/c1-11(2)15(9-13(4)16(17)18)10-14-7-5-12(3)6-8-14;1-11(2)14(8-9-15(16)17)10-13-6-4-12(3)5-7-13;1-10(2)13(9-14(15)16)8-12-6-4-11(3)5-7-12;1-9(2)12(13(14)15)8-11-6-4-10(3)5-7-11;1-9(2)11(12(13)14)8-10-6-4-3-5-7-10;1-4(2)5(3)6(7)8;/h5-8,11,13,15H,9-10H2,1-4H3,(H,17,18);4-7,11,14H,8-10H2,1-3H3,(H,16,17);4-7,10,13H,8-9H2,1-3H3,(H,15,16);4-7,9,12H,8H2,1-3H3,(H,14,15);3-7,9,11H,8H2,1-2H3,(H,13,14);4-5H,1-3H3,(H,7,8);1H4/t13?,15-;14-;13-;12-;11-;5-;/m110111./s1. The molecule has 0 radical (unpaired) electrons. The lowest BCUT2D eigenvalue weighted by molar-refractivity contribution is -0.144. The molecule has 1 unspecified atom stereocenters. The van der Waals surface area contributed by atoms with Crippen molar-refractivity contribution in [2.75, 3.05) is 0 Å². The Kier molecular flexibility index (Phi) is 42.7. The van der Waals surface area contributed by atoms with Gasteiger partial charge in [0.1, 0.15) is 0 Å². The smallest absolute Gasteiger partial charge is 0.307 e. The van der Waals surface area contributed by atoms with Crippen LogP contribution in [-0.2, 0) is 60.9 Å². The number of aryl methyl sites for hydroxylation is 4. The van der Waals surface area contributed by atoms with E-state index in [-0.39, 0.29) is 67.6 Å². The van der Waals surface area contributed by atoms with Gasteiger partial charge >= 0.3 is 35.8 Å². The summed E-state index contributed by atoms with van der Waals surface area (Å²) in [5.41, 5.74) is 11.0. The van der Waals surface area contributed by atoms with Gasteiger partial charge < -0.3 is 30.6 Å². The number of aliphatic carboxylic acids is 6. The van der Waals surface area contributed by atoms with Crippen LogP contribution in [0, 0.1) is 105 Å². The van der Waals surface area contributed by atoms with Crippen LogP contribution < -0.4 is 0 Å². The molecule has 0 amide bonds. The predicted molar refractivity (Wildman–Crippen MR) is 365 cm³/mol. The summed E-state index contributed by atoms with van der Waals surface area (Å²) in [5, 5.41) is 53.0. The van der Waals surface area contributed by atoms with Crippen LogP contribution in [0.5, 0.6) is 0 Å². The first-order chi connectivity index (χ1) is 41.0. The van der Waals surface area contributed by atoms with Crippen LogP contribution >= 0.6 is 0 Å². The van der Waals surface area contributed by atoms with Crippen LogP contribution in [0.1, 0.15) is 180 Å². The Bertz CT molecular complexity index is 2720. The first-order valence-corrected chi connectivity index (χ1v) is 31.6. The molecule has 0 saturated carbocycles. The van der Waals surface area contributed by atoms with Crippen molar-refractivity contribution in [2.45, 2.75) is 190 Å². The van der Waals surface area contributed by atoms with E-state index in [1.165, 1.54) is 38.9 Å². The van der Waals surface area contributed by atoms with Gasteiger partial charge in [-0.2, -0.15) is 0 Å². The van der Waals surface area contributed by atoms with Crippen molar-refractivity contribution in [1.82, 2.24) is 0 Å². The molecule has 0 aliphatic heterocycles. The Morgan fingerprint density at radius 1 is 0.326 bits per heavy atom. The molecule has 5 rings (SSSR count). The summed E-state index contributed by atoms with van der Waals surface area (Å²) in [6.07, 6.45) is 6.08. The molecule has 0 saturated heterocycles. The summed E-state index contributed by atoms with van der Waals surface area (Å²) in [6.45, 7) is 36.2. The highest BCUT2D eigenvalue weighted by molar-refractivity contribution is 5.71. The highest BCUT2D eigenvalue weighted by atomic mass is 16.4. The van der Waals surface area contributed by atoms with Gasteiger partial charge in [0, 0.05) is 12.8 Å². The zero-order valence-corrected chi connectivity index (χ0v) is 56.6. The van der Waals surface area contributed by atoms with Crippen molar-refractivity contribution in [3.8, 4) is 0 Å². The number of hydrogen-bond acceptors (Lipinski definition) is 6. The van der Waals surface area contributed by atoms with Gasteiger partial charge in [-0.1, -0.05) is 254 Å². The van der Waals surface area contributed by atoms with Crippen molar-refractivity contribution in [1.29, 1.82) is 0 Å². The third-order valence-electron chi connectivity index (χ3n) is 16.4. The van der Waals surface area contributed by atoms with E-state index in [1.807, 2.05) is 103 Å². The van der Waals surface area contributed by atoms with E-state index in [4.69, 9.17) is 30.6 Å². The summed E-state index contributed by atoms with van der Waals surface area (Å²) in [7, 11) is 0. The zero-order chi connectivity index (χ0) is 67.4. The quantitative estimate of drug-likeness (QED) is 0.0289. The van der Waals surface area contributed by atoms with Gasteiger partial charge in [-0.3, -0.25) is 28.8 Å². The van der Waals surface area contributed by atoms with Gasteiger partial charge in [-0.15, -0.1) is 0 Å². The summed E-state index contributed by atoms with van der Waals surface area (Å²) in [6, 6.07) is 43.2. The predicted octanol–water partition coefficient (Wildman–Crippen LogP) is 18.4. The fourth-order valence-electron chi connectivity index (χ4n) is 9.32. The molecular weight excluding hydrogens is 1120 g/mol. The minimum Gasteiger partial charge on any atom is -0.481 e. The minimum absolute atomic E-state index is 0. The summed E-state index contributed by atoms with van der Waals surface area (Å²) >= 11 is 0. The highest BCUT2D eigenvalue weighted by Crippen LogP contribution is 2.27. The van der Waals surface area contributed by atoms with E-state index in [2.05, 4.69) is 135 Å². The van der Waals surface area contributed by atoms with Crippen LogP contribution in [-0.4, -0.2) is 66.5 Å². The third-order valence-corrected chi connectivity index (χ3v) is 16.4. The molecule has 0 spiro atoms. The molecule has 12 nitrogen and oxygen atoms in total. The van der Waals surface area contributed by atoms with Gasteiger partial charge in [0.2, 0.25) is 0 Å². The molecule has 0 aromatic heterocycles. The molecular formula is C77H116O12. The van der Waals surface area contributed by atoms with Crippen molar-refractivity contribution in [3.05, 3.63) is 177 Å². The van der Waals surface area contributed by atoms with Gasteiger partial charge in [0.25, 0.3) is 0 Å². The average Bonchev–Trinajstić information content (AvgIpc) is 3.61. The van der Waals surface area contributed by atoms with E-state index >= 15 is 0 Å². The summed E-state index contributed by atoms with van der Waals surface area (Å²) in [4.78, 5) is 64.4. The van der Waals surface area contributed by atoms with Crippen LogP contribution in [0.15, 0.2) is 127 Å². The average molecular weight is 1230 g/mol. The van der Waals surface area contributed by atoms with Crippen molar-refractivity contribution >= 4 is 35.8 Å². The summed E-state index contributed by atoms with van der Waals surface area (Å²) in [5.74, 6) is -2.12. The Labute approximate surface area is 537 Å². The van der Waals surface area contributed by atoms with Crippen LogP contribution in [0.3, 0.4) is 0 Å². The SMILES string of the molecule is C.CC(C)[C@@H](C)C(=O)O.CC(C)[C@@H](Cc1ccccc1)C(=O)O.Cc1ccc(C[C@@H](C(=O)O)C(C)C)cc1.Cc1ccc(C[C@@H](CC(=O)O)C(C)C)cc1.Cc1ccc(C[C@@H](CC(C)C(=O)O)C(C)C)cc1.Cc1ccc(C[C@@H](CCC(=O)O)C(C)C)cc1. The largest absolute Gasteiger partial charge is 0.481 e. The molecule has 5 aromatic carbocycles. The lowest BCUT2D eigenvalue weighted by atomic mass is 9.82. The van der Waals surface area contributed by atoms with Gasteiger partial charge in [-0.05, 0) is 154 Å². The molecule has 6 N–H and O–H groups in total. The third kappa shape index (κ3) is 38.8. The molecule has 5 aromatic rings. The van der Waals surface area contributed by atoms with Gasteiger partial charge in [-0.25, -0.2) is 0 Å². The monoisotopic (exact) mass is 1230 g/mol. The molecule has 496 valence electrons. The Hall–Kier alpha value is -7.08. The molecule has 0 heterocycles. The first-order valence-electron chi connectivity index (χ1n) is 31.6. The number of rotatable bonds is 27. The van der Waals surface area contributed by atoms with Crippen molar-refractivity contribution in [2.24, 2.45) is 76.9 Å². The number of carbonyl (C=O) groups is 6. The second kappa shape index (κ2) is 45.2. The Balaban J connectivity index is 0. The van der Waals surface area contributed by atoms with E-state index in [0.717, 1.165) is 43.2 Å². The van der Waals surface area contributed by atoms with Crippen LogP contribution in [0.25, 0.3) is 0 Å². The first kappa shape index (κ1) is 84.0. The molecule has 7 atom stereocenters. The Morgan fingerprint density at radius 2 is 0.629 bits per heavy atom. The fourth-order valence-corrected chi connectivity index (χ4v) is 9.32. The number of benzene rings is 5. The molecule has 12 heteroatoms. The molecule has 0 aliphatic rings. The van der Waals surface area contributed by atoms with Crippen molar-refractivity contribution < 1.29 is 59.4 Å². The fraction of sp³-hybridized carbons (Fsp3) is 0.532. The zero-order valence-electron chi connectivity index (χ0n) is 56.6. The normalized spacial score (nSPS) is 13.1. The van der Waals surface area contributed by atoms with E-state index < -0.39 is 35.8 Å². The number of carboxylic acid groups (broad SMARTS) is 6. The van der Waals surface area contributed by atoms with E-state index in [0.29, 0.717) is 42.4 Å². The maximum Gasteiger partial charge on any atom is 0.307 e. The second-order valence-electron chi connectivity index (χ2n) is 26.2. The number of hydrogen-bond donors (Lipinski definition) is 6. The maximum atomic E-state index is 11.0. The topological polar surface area (TPSA) is 224 Å². The van der Waals surface area contributed by atoms with E-state index in [9.17, 15) is 28.8 Å². The maximum absolute atomic E-state index is 11.0. The highest BCUT2D eigenvalue weighted by Gasteiger charge is 2.24. The summed E-state index contributed by atoms with van der Waals surface area (Å²) < 4.78 is 0. The molecule has 0 aliphatic carbocycles. The minimum atomic E-state index is -0.708. The second-order valence-corrected chi connectivity index (χ2v) is 26.2. The van der Waals surface area contributed by atoms with Crippen LogP contribution in [0.2, 0.25) is 0 Å². The van der Waals surface area contributed by atoms with Crippen LogP contribution in [0.4, 0.5) is 0 Å². The lowest BCUT2D eigenvalue weighted by Crippen LogP contribution is -2.22.